The molecule has 0 radical (unpaired) electrons. The zero-order chi connectivity index (χ0) is 23.8. The number of fused-ring (bicyclic) bond motifs is 2. The van der Waals surface area contributed by atoms with E-state index in [0.717, 1.165) is 22.8 Å². The summed E-state index contributed by atoms with van der Waals surface area (Å²) in [7, 11) is 0. The predicted molar refractivity (Wildman–Crippen MR) is 125 cm³/mol. The molecule has 1 saturated heterocycles. The molecule has 0 bridgehead atoms. The first-order chi connectivity index (χ1) is 16.4. The number of rotatable bonds is 4. The molecule has 34 heavy (non-hydrogen) atoms. The number of nitrogens with one attached hydrogen (secondary N) is 2. The minimum Gasteiger partial charge on any atom is -0.347 e. The van der Waals surface area contributed by atoms with E-state index in [1.807, 2.05) is 30.3 Å². The maximum atomic E-state index is 13.5. The average molecular weight is 458 g/mol. The number of halogens is 1. The molecule has 2 aliphatic rings. The maximum absolute atomic E-state index is 13.5. The summed E-state index contributed by atoms with van der Waals surface area (Å²) in [6, 6.07) is 17.0. The summed E-state index contributed by atoms with van der Waals surface area (Å²) in [6.07, 6.45) is 0.415. The first-order valence-electron chi connectivity index (χ1n) is 11.1. The van der Waals surface area contributed by atoms with Crippen molar-refractivity contribution in [2.24, 2.45) is 5.73 Å². The van der Waals surface area contributed by atoms with E-state index in [4.69, 9.17) is 5.73 Å². The third-order valence-electron chi connectivity index (χ3n) is 6.33. The standard InChI is InChI=1S/C26H23FN4O3/c27-19-6-2-5-18(12-19)24(32)30-22-9-10-31-23(22)25(33)29-21-8-7-17(13-20(21)26(31)34)16-4-1-3-15(11-16)14-28/h1-8,11-13,22-23H,9-10,14,28H2,(H,29,33)(H,30,32)/t22-,23-/m0/s1. The summed E-state index contributed by atoms with van der Waals surface area (Å²) >= 11 is 0. The van der Waals surface area contributed by atoms with Crippen molar-refractivity contribution in [2.75, 3.05) is 11.9 Å². The molecule has 1 fully saturated rings. The first-order valence-corrected chi connectivity index (χ1v) is 11.1. The largest absolute Gasteiger partial charge is 0.347 e. The van der Waals surface area contributed by atoms with Gasteiger partial charge in [0.1, 0.15) is 11.9 Å². The smallest absolute Gasteiger partial charge is 0.256 e. The van der Waals surface area contributed by atoms with E-state index in [9.17, 15) is 18.8 Å². The molecule has 0 unspecified atom stereocenters. The number of carbonyl (C=O) groups is 3. The molecule has 4 N–H and O–H groups in total. The van der Waals surface area contributed by atoms with Crippen LogP contribution in [0.5, 0.6) is 0 Å². The van der Waals surface area contributed by atoms with Crippen LogP contribution in [0.4, 0.5) is 10.1 Å². The van der Waals surface area contributed by atoms with Gasteiger partial charge in [0.25, 0.3) is 11.8 Å². The van der Waals surface area contributed by atoms with E-state index >= 15 is 0 Å². The number of hydrogen-bond donors (Lipinski definition) is 3. The lowest BCUT2D eigenvalue weighted by Gasteiger charge is -2.25. The Hall–Kier alpha value is -4.04. The Kier molecular flexibility index (Phi) is 5.59. The first kappa shape index (κ1) is 21.8. The van der Waals surface area contributed by atoms with Gasteiger partial charge in [0, 0.05) is 18.7 Å². The van der Waals surface area contributed by atoms with E-state index in [-0.39, 0.29) is 17.4 Å². The van der Waals surface area contributed by atoms with Crippen LogP contribution >= 0.6 is 0 Å². The highest BCUT2D eigenvalue weighted by atomic mass is 19.1. The molecule has 0 aliphatic carbocycles. The van der Waals surface area contributed by atoms with E-state index < -0.39 is 23.8 Å². The van der Waals surface area contributed by atoms with Gasteiger partial charge in [-0.2, -0.15) is 0 Å². The van der Waals surface area contributed by atoms with Gasteiger partial charge in [-0.15, -0.1) is 0 Å². The summed E-state index contributed by atoms with van der Waals surface area (Å²) in [6.45, 7) is 0.725. The van der Waals surface area contributed by atoms with Crippen molar-refractivity contribution in [3.63, 3.8) is 0 Å². The van der Waals surface area contributed by atoms with Gasteiger partial charge >= 0.3 is 0 Å². The number of nitrogens with two attached hydrogens (primary N) is 1. The highest BCUT2D eigenvalue weighted by molar-refractivity contribution is 6.11. The van der Waals surface area contributed by atoms with Gasteiger partial charge < -0.3 is 21.3 Å². The maximum Gasteiger partial charge on any atom is 0.256 e. The Labute approximate surface area is 195 Å². The van der Waals surface area contributed by atoms with E-state index in [1.165, 1.54) is 23.1 Å². The van der Waals surface area contributed by atoms with Gasteiger partial charge in [-0.1, -0.05) is 30.3 Å². The summed E-state index contributed by atoms with van der Waals surface area (Å²) in [5, 5.41) is 5.65. The molecule has 2 aliphatic heterocycles. The van der Waals surface area contributed by atoms with Gasteiger partial charge in [-0.25, -0.2) is 4.39 Å². The fourth-order valence-corrected chi connectivity index (χ4v) is 4.63. The van der Waals surface area contributed by atoms with Crippen LogP contribution in [0.2, 0.25) is 0 Å². The average Bonchev–Trinajstić information content (AvgIpc) is 3.23. The van der Waals surface area contributed by atoms with Crippen LogP contribution in [0.3, 0.4) is 0 Å². The Morgan fingerprint density at radius 1 is 1.06 bits per heavy atom. The molecule has 0 saturated carbocycles. The summed E-state index contributed by atoms with van der Waals surface area (Å²) < 4.78 is 13.5. The quantitative estimate of drug-likeness (QED) is 0.559. The van der Waals surface area contributed by atoms with Crippen LogP contribution in [0, 0.1) is 5.82 Å². The third-order valence-corrected chi connectivity index (χ3v) is 6.33. The molecule has 8 heteroatoms. The van der Waals surface area contributed by atoms with Crippen LogP contribution in [-0.4, -0.2) is 41.2 Å². The molecule has 2 atom stereocenters. The molecule has 3 aromatic carbocycles. The normalized spacial score (nSPS) is 19.2. The van der Waals surface area contributed by atoms with Gasteiger partial charge in [-0.3, -0.25) is 14.4 Å². The monoisotopic (exact) mass is 458 g/mol. The predicted octanol–water partition coefficient (Wildman–Crippen LogP) is 2.92. The molecule has 3 amide bonds. The lowest BCUT2D eigenvalue weighted by molar-refractivity contribution is -0.120. The van der Waals surface area contributed by atoms with Crippen LogP contribution in [0.15, 0.2) is 66.7 Å². The minimum atomic E-state index is -0.860. The highest BCUT2D eigenvalue weighted by Crippen LogP contribution is 2.32. The fraction of sp³-hybridized carbons (Fsp3) is 0.192. The summed E-state index contributed by atoms with van der Waals surface area (Å²) in [4.78, 5) is 40.7. The number of nitrogens with zero attached hydrogens (tertiary/aromatic N) is 1. The second-order valence-corrected chi connectivity index (χ2v) is 8.48. The molecule has 2 heterocycles. The molecular weight excluding hydrogens is 435 g/mol. The number of hydrogen-bond acceptors (Lipinski definition) is 4. The van der Waals surface area contributed by atoms with Crippen molar-refractivity contribution in [2.45, 2.75) is 25.0 Å². The Morgan fingerprint density at radius 2 is 1.85 bits per heavy atom. The van der Waals surface area contributed by atoms with Crippen LogP contribution in [0.1, 0.15) is 32.7 Å². The van der Waals surface area contributed by atoms with Crippen LogP contribution in [-0.2, 0) is 11.3 Å². The van der Waals surface area contributed by atoms with E-state index in [2.05, 4.69) is 10.6 Å². The minimum absolute atomic E-state index is 0.159. The summed E-state index contributed by atoms with van der Waals surface area (Å²) in [5.74, 6) is -1.66. The Bertz CT molecular complexity index is 1310. The van der Waals surface area contributed by atoms with Crippen molar-refractivity contribution in [3.8, 4) is 11.1 Å². The molecule has 5 rings (SSSR count). The van der Waals surface area contributed by atoms with Crippen molar-refractivity contribution in [1.29, 1.82) is 0 Å². The fourth-order valence-electron chi connectivity index (χ4n) is 4.63. The van der Waals surface area contributed by atoms with Gasteiger partial charge in [0.05, 0.1) is 17.3 Å². The molecule has 3 aromatic rings. The number of carbonyl (C=O) groups excluding carboxylic acids is 3. The van der Waals surface area contributed by atoms with E-state index in [0.29, 0.717) is 30.8 Å². The highest BCUT2D eigenvalue weighted by Gasteiger charge is 2.45. The molecular formula is C26H23FN4O3. The number of benzene rings is 3. The SMILES string of the molecule is NCc1cccc(-c2ccc3c(c2)C(=O)N2CC[C@H](NC(=O)c4cccc(F)c4)[C@H]2C(=O)N3)c1. The van der Waals surface area contributed by atoms with E-state index in [1.54, 1.807) is 12.1 Å². The zero-order valence-electron chi connectivity index (χ0n) is 18.3. The Morgan fingerprint density at radius 3 is 2.65 bits per heavy atom. The summed E-state index contributed by atoms with van der Waals surface area (Å²) in [5.41, 5.74) is 9.48. The number of anilines is 1. The Balaban J connectivity index is 1.42. The van der Waals surface area contributed by atoms with Crippen LogP contribution in [0.25, 0.3) is 11.1 Å². The topological polar surface area (TPSA) is 105 Å². The van der Waals surface area contributed by atoms with Gasteiger partial charge in [-0.05, 0) is 59.5 Å². The van der Waals surface area contributed by atoms with Crippen LogP contribution < -0.4 is 16.4 Å². The molecule has 172 valence electrons. The van der Waals surface area contributed by atoms with Crippen molar-refractivity contribution < 1.29 is 18.8 Å². The van der Waals surface area contributed by atoms with Gasteiger partial charge in [0.15, 0.2) is 0 Å². The second-order valence-electron chi connectivity index (χ2n) is 8.48. The number of amides is 3. The zero-order valence-corrected chi connectivity index (χ0v) is 18.3. The van der Waals surface area contributed by atoms with Crippen molar-refractivity contribution in [1.82, 2.24) is 10.2 Å². The third kappa shape index (κ3) is 3.92. The second kappa shape index (κ2) is 8.72. The van der Waals surface area contributed by atoms with Crippen molar-refractivity contribution in [3.05, 3.63) is 89.2 Å². The van der Waals surface area contributed by atoms with Crippen molar-refractivity contribution >= 4 is 23.4 Å². The lowest BCUT2D eigenvalue weighted by atomic mass is 9.99. The van der Waals surface area contributed by atoms with Gasteiger partial charge in [0.2, 0.25) is 5.91 Å². The lowest BCUT2D eigenvalue weighted by Crippen LogP contribution is -2.51. The molecule has 0 aromatic heterocycles. The molecule has 0 spiro atoms. The molecule has 7 nitrogen and oxygen atoms in total.